The molecule has 2 rings (SSSR count). The number of aliphatic hydroxyl groups excluding tert-OH is 1. The number of amides is 2. The molecule has 0 aliphatic carbocycles. The van der Waals surface area contributed by atoms with Gasteiger partial charge in [-0.3, -0.25) is 14.8 Å². The Morgan fingerprint density at radius 3 is 1.90 bits per heavy atom. The number of rotatable bonds is 6. The summed E-state index contributed by atoms with van der Waals surface area (Å²) in [5.74, 6) is -1.98. The monoisotopic (exact) mass is 414 g/mol. The normalized spacial score (nSPS) is 12.9. The van der Waals surface area contributed by atoms with Crippen LogP contribution in [0.1, 0.15) is 24.7 Å². The lowest BCUT2D eigenvalue weighted by Gasteiger charge is -2.19. The highest BCUT2D eigenvalue weighted by Gasteiger charge is 2.31. The number of alkyl halides is 3. The summed E-state index contributed by atoms with van der Waals surface area (Å²) in [6.45, 7) is 1.27. The second-order valence-corrected chi connectivity index (χ2v) is 5.82. The molecule has 0 aromatic heterocycles. The molecule has 0 fully saturated rings. The molecular formula is C19H21F3N2O5. The van der Waals surface area contributed by atoms with E-state index in [2.05, 4.69) is 10.1 Å². The topological polar surface area (TPSA) is 108 Å². The zero-order valence-corrected chi connectivity index (χ0v) is 14.5. The number of carbonyl (C=O) groups is 2. The van der Waals surface area contributed by atoms with Crippen LogP contribution >= 0.6 is 0 Å². The fraction of sp³-hybridized carbons (Fsp3) is 0.263. The van der Waals surface area contributed by atoms with E-state index in [0.29, 0.717) is 11.1 Å². The Balaban J connectivity index is 0.00000420. The van der Waals surface area contributed by atoms with Crippen molar-refractivity contribution in [3.8, 4) is 16.9 Å². The average Bonchev–Trinajstić information content (AvgIpc) is 2.64. The van der Waals surface area contributed by atoms with Gasteiger partial charge in [0.2, 0.25) is 0 Å². The van der Waals surface area contributed by atoms with E-state index in [1.165, 1.54) is 48.8 Å². The largest absolute Gasteiger partial charge is 0.573 e. The average molecular weight is 414 g/mol. The molecule has 0 unspecified atom stereocenters. The van der Waals surface area contributed by atoms with Crippen molar-refractivity contribution in [3.63, 3.8) is 0 Å². The number of aliphatic hydroxyl groups is 1. The summed E-state index contributed by atoms with van der Waals surface area (Å²) in [6, 6.07) is 9.89. The Bertz CT molecular complexity index is 821. The van der Waals surface area contributed by atoms with Crippen LogP contribution in [0.15, 0.2) is 48.5 Å². The lowest BCUT2D eigenvalue weighted by atomic mass is 10.0. The fourth-order valence-electron chi connectivity index (χ4n) is 2.36. The van der Waals surface area contributed by atoms with Crippen molar-refractivity contribution in [3.05, 3.63) is 54.1 Å². The van der Waals surface area contributed by atoms with Crippen LogP contribution in [0.2, 0.25) is 0 Å². The SMILES string of the molecule is C.C[C@@H](O)[C@H](NC(=O)c1ccc(-c2ccc(OC(F)(F)F)cc2)cc1)C(=O)NO. The molecule has 0 saturated carbocycles. The van der Waals surface area contributed by atoms with Gasteiger partial charge in [0.15, 0.2) is 0 Å². The van der Waals surface area contributed by atoms with Crippen molar-refractivity contribution in [2.75, 3.05) is 0 Å². The number of halogens is 3. The van der Waals surface area contributed by atoms with Crippen LogP contribution < -0.4 is 15.5 Å². The fourth-order valence-corrected chi connectivity index (χ4v) is 2.36. The summed E-state index contributed by atoms with van der Waals surface area (Å²) in [5, 5.41) is 20.5. The number of carbonyl (C=O) groups excluding carboxylic acids is 2. The van der Waals surface area contributed by atoms with Crippen molar-refractivity contribution in [1.29, 1.82) is 0 Å². The minimum absolute atomic E-state index is 0. The molecule has 2 aromatic carbocycles. The smallest absolute Gasteiger partial charge is 0.406 e. The molecule has 7 nitrogen and oxygen atoms in total. The molecule has 0 radical (unpaired) electrons. The summed E-state index contributed by atoms with van der Waals surface area (Å²) in [6.07, 6.45) is -6.01. The Kier molecular flexibility index (Phi) is 8.16. The number of hydrogen-bond donors (Lipinski definition) is 4. The van der Waals surface area contributed by atoms with E-state index in [1.54, 1.807) is 12.1 Å². The predicted molar refractivity (Wildman–Crippen MR) is 98.2 cm³/mol. The molecule has 2 atom stereocenters. The molecule has 2 aromatic rings. The molecule has 0 aliphatic rings. The molecule has 0 bridgehead atoms. The second-order valence-electron chi connectivity index (χ2n) is 5.82. The summed E-state index contributed by atoms with van der Waals surface area (Å²) in [5.41, 5.74) is 2.77. The maximum atomic E-state index is 12.2. The molecule has 0 saturated heterocycles. The first-order valence-corrected chi connectivity index (χ1v) is 8.00. The van der Waals surface area contributed by atoms with Crippen LogP contribution in [0.3, 0.4) is 0 Å². The van der Waals surface area contributed by atoms with Crippen molar-refractivity contribution in [2.45, 2.75) is 32.9 Å². The summed E-state index contributed by atoms with van der Waals surface area (Å²) in [4.78, 5) is 23.7. The summed E-state index contributed by atoms with van der Waals surface area (Å²) >= 11 is 0. The van der Waals surface area contributed by atoms with Crippen molar-refractivity contribution in [1.82, 2.24) is 10.8 Å². The van der Waals surface area contributed by atoms with Crippen molar-refractivity contribution >= 4 is 11.8 Å². The zero-order valence-electron chi connectivity index (χ0n) is 14.5. The van der Waals surface area contributed by atoms with Crippen LogP contribution in [0.25, 0.3) is 11.1 Å². The van der Waals surface area contributed by atoms with Gasteiger partial charge in [0.05, 0.1) is 6.10 Å². The van der Waals surface area contributed by atoms with Gasteiger partial charge in [0.1, 0.15) is 11.8 Å². The quantitative estimate of drug-likeness (QED) is 0.430. The third-order valence-electron chi connectivity index (χ3n) is 3.73. The number of hydroxylamine groups is 1. The van der Waals surface area contributed by atoms with Gasteiger partial charge in [-0.15, -0.1) is 13.2 Å². The van der Waals surface area contributed by atoms with E-state index >= 15 is 0 Å². The van der Waals surface area contributed by atoms with Gasteiger partial charge in [0, 0.05) is 5.56 Å². The molecule has 4 N–H and O–H groups in total. The van der Waals surface area contributed by atoms with Gasteiger partial charge in [-0.1, -0.05) is 31.7 Å². The first kappa shape index (κ1) is 23.9. The molecular weight excluding hydrogens is 393 g/mol. The van der Waals surface area contributed by atoms with E-state index in [0.717, 1.165) is 0 Å². The first-order valence-electron chi connectivity index (χ1n) is 8.00. The van der Waals surface area contributed by atoms with E-state index in [-0.39, 0.29) is 18.7 Å². The van der Waals surface area contributed by atoms with Crippen LogP contribution in [0.5, 0.6) is 5.75 Å². The van der Waals surface area contributed by atoms with E-state index in [9.17, 15) is 27.9 Å². The van der Waals surface area contributed by atoms with Crippen molar-refractivity contribution in [2.24, 2.45) is 0 Å². The third kappa shape index (κ3) is 6.77. The molecule has 2 amide bonds. The highest BCUT2D eigenvalue weighted by Crippen LogP contribution is 2.26. The Labute approximate surface area is 165 Å². The van der Waals surface area contributed by atoms with Gasteiger partial charge >= 0.3 is 6.36 Å². The molecule has 0 spiro atoms. The zero-order chi connectivity index (χ0) is 20.9. The molecule has 158 valence electrons. The number of benzene rings is 2. The minimum Gasteiger partial charge on any atom is -0.406 e. The van der Waals surface area contributed by atoms with E-state index < -0.39 is 30.3 Å². The number of ether oxygens (including phenoxy) is 1. The van der Waals surface area contributed by atoms with Crippen LogP contribution in [-0.2, 0) is 4.79 Å². The lowest BCUT2D eigenvalue weighted by Crippen LogP contribution is -2.51. The molecule has 0 aliphatic heterocycles. The van der Waals surface area contributed by atoms with Gasteiger partial charge in [0.25, 0.3) is 11.8 Å². The predicted octanol–water partition coefficient (Wildman–Crippen LogP) is 2.87. The number of hydrogen-bond acceptors (Lipinski definition) is 5. The van der Waals surface area contributed by atoms with Gasteiger partial charge in [-0.25, -0.2) is 5.48 Å². The van der Waals surface area contributed by atoms with Gasteiger partial charge in [-0.2, -0.15) is 0 Å². The summed E-state index contributed by atoms with van der Waals surface area (Å²) < 4.78 is 40.4. The molecule has 0 heterocycles. The third-order valence-corrected chi connectivity index (χ3v) is 3.73. The Morgan fingerprint density at radius 2 is 1.48 bits per heavy atom. The van der Waals surface area contributed by atoms with Gasteiger partial charge < -0.3 is 15.2 Å². The Morgan fingerprint density at radius 1 is 1.00 bits per heavy atom. The maximum Gasteiger partial charge on any atom is 0.573 e. The highest BCUT2D eigenvalue weighted by molar-refractivity contribution is 5.97. The van der Waals surface area contributed by atoms with Crippen molar-refractivity contribution < 1.29 is 37.8 Å². The van der Waals surface area contributed by atoms with Crippen LogP contribution in [0.4, 0.5) is 13.2 Å². The molecule has 10 heteroatoms. The standard InChI is InChI=1S/C18H17F3N2O5.CH4/c1-10(24)15(17(26)23-27)22-16(25)13-4-2-11(3-5-13)12-6-8-14(9-7-12)28-18(19,20)21;/h2-10,15,24,27H,1H3,(H,22,25)(H,23,26);1H4/t10-,15+;/m1./s1. The highest BCUT2D eigenvalue weighted by atomic mass is 19.4. The molecule has 29 heavy (non-hydrogen) atoms. The number of nitrogens with one attached hydrogen (secondary N) is 2. The minimum atomic E-state index is -4.77. The van der Waals surface area contributed by atoms with Crippen LogP contribution in [-0.4, -0.2) is 40.6 Å². The van der Waals surface area contributed by atoms with Crippen LogP contribution in [0, 0.1) is 0 Å². The first-order chi connectivity index (χ1) is 13.1. The summed E-state index contributed by atoms with van der Waals surface area (Å²) in [7, 11) is 0. The Hall–Kier alpha value is -3.11. The van der Waals surface area contributed by atoms with Gasteiger partial charge in [-0.05, 0) is 42.3 Å². The second kappa shape index (κ2) is 9.89. The lowest BCUT2D eigenvalue weighted by molar-refractivity contribution is -0.274. The van der Waals surface area contributed by atoms with E-state index in [4.69, 9.17) is 5.21 Å². The maximum absolute atomic E-state index is 12.2. The van der Waals surface area contributed by atoms with E-state index in [1.807, 2.05) is 0 Å².